The van der Waals surface area contributed by atoms with Crippen LogP contribution in [0.3, 0.4) is 0 Å². The second kappa shape index (κ2) is 8.87. The molecule has 0 spiro atoms. The summed E-state index contributed by atoms with van der Waals surface area (Å²) in [6, 6.07) is 6.24. The lowest BCUT2D eigenvalue weighted by Gasteiger charge is -2.37. The van der Waals surface area contributed by atoms with Gasteiger partial charge in [-0.05, 0) is 38.1 Å². The van der Waals surface area contributed by atoms with Crippen LogP contribution in [0, 0.1) is 0 Å². The third kappa shape index (κ3) is 5.63. The molecular formula is C19H30N6O4S2. The van der Waals surface area contributed by atoms with Gasteiger partial charge in [0.1, 0.15) is 15.7 Å². The van der Waals surface area contributed by atoms with E-state index in [1.807, 2.05) is 11.9 Å². The number of hydrogen-bond donors (Lipinski definition) is 3. The van der Waals surface area contributed by atoms with E-state index in [0.717, 1.165) is 6.42 Å². The van der Waals surface area contributed by atoms with Gasteiger partial charge in [-0.15, -0.1) is 0 Å². The normalized spacial score (nSPS) is 25.3. The Balaban J connectivity index is 1.73. The summed E-state index contributed by atoms with van der Waals surface area (Å²) in [6.45, 7) is 1.11. The Kier molecular flexibility index (Phi) is 6.77. The smallest absolute Gasteiger partial charge is 0.243 e. The van der Waals surface area contributed by atoms with E-state index >= 15 is 0 Å². The first kappa shape index (κ1) is 23.7. The zero-order chi connectivity index (χ0) is 22.9. The molecule has 0 aromatic heterocycles. The highest BCUT2D eigenvalue weighted by Crippen LogP contribution is 2.25. The first-order chi connectivity index (χ1) is 14.4. The minimum atomic E-state index is -3.70. The summed E-state index contributed by atoms with van der Waals surface area (Å²) < 4.78 is 50.7. The molecule has 2 atom stereocenters. The van der Waals surface area contributed by atoms with Crippen LogP contribution < -0.4 is 16.8 Å². The van der Waals surface area contributed by atoms with Gasteiger partial charge in [-0.3, -0.25) is 5.73 Å². The van der Waals surface area contributed by atoms with Crippen molar-refractivity contribution < 1.29 is 16.8 Å². The molecule has 2 aliphatic rings. The number of likely N-dealkylation sites (N-methyl/N-ethyl adjacent to an activating group) is 1. The minimum absolute atomic E-state index is 0.0348. The Hall–Kier alpha value is -1.99. The highest BCUT2D eigenvalue weighted by atomic mass is 32.2. The second-order valence-corrected chi connectivity index (χ2v) is 12.3. The molecule has 0 aliphatic carbocycles. The van der Waals surface area contributed by atoms with Gasteiger partial charge >= 0.3 is 0 Å². The van der Waals surface area contributed by atoms with Gasteiger partial charge < -0.3 is 16.0 Å². The molecule has 10 nitrogen and oxygen atoms in total. The number of nitrogens with two attached hydrogens (primary N) is 2. The zero-order valence-electron chi connectivity index (χ0n) is 17.7. The molecule has 3 rings (SSSR count). The average molecular weight is 471 g/mol. The number of sulfone groups is 1. The third-order valence-corrected chi connectivity index (χ3v) is 8.40. The molecule has 12 heteroatoms. The number of piperidine rings is 1. The van der Waals surface area contributed by atoms with Crippen LogP contribution in [0.1, 0.15) is 18.4 Å². The van der Waals surface area contributed by atoms with E-state index in [-0.39, 0.29) is 22.5 Å². The van der Waals surface area contributed by atoms with Crippen LogP contribution in [-0.4, -0.2) is 76.6 Å². The lowest BCUT2D eigenvalue weighted by molar-refractivity contribution is 0.170. The number of aliphatic imine (C=N–C) groups is 1. The van der Waals surface area contributed by atoms with Crippen molar-refractivity contribution in [1.82, 2.24) is 14.5 Å². The van der Waals surface area contributed by atoms with Crippen molar-refractivity contribution in [1.29, 1.82) is 0 Å². The highest BCUT2D eigenvalue weighted by Gasteiger charge is 2.33. The summed E-state index contributed by atoms with van der Waals surface area (Å²) in [4.78, 5) is 6.29. The van der Waals surface area contributed by atoms with E-state index in [1.165, 1.54) is 22.7 Å². The first-order valence-electron chi connectivity index (χ1n) is 9.98. The number of nitrogens with zero attached hydrogens (tertiary/aromatic N) is 3. The molecular weight excluding hydrogens is 440 g/mol. The summed E-state index contributed by atoms with van der Waals surface area (Å²) in [5.74, 6) is -0.928. The van der Waals surface area contributed by atoms with Crippen LogP contribution in [0.2, 0.25) is 0 Å². The van der Waals surface area contributed by atoms with Crippen molar-refractivity contribution in [3.05, 3.63) is 42.1 Å². The fourth-order valence-electron chi connectivity index (χ4n) is 3.70. The lowest BCUT2D eigenvalue weighted by atomic mass is 10.1. The van der Waals surface area contributed by atoms with Crippen molar-refractivity contribution in [2.24, 2.45) is 16.5 Å². The largest absolute Gasteiger partial charge is 0.384 e. The molecule has 1 aromatic carbocycles. The maximum Gasteiger partial charge on any atom is 0.243 e. The van der Waals surface area contributed by atoms with Crippen LogP contribution in [-0.2, 0) is 25.6 Å². The molecule has 0 radical (unpaired) electrons. The van der Waals surface area contributed by atoms with Crippen LogP contribution in [0.4, 0.5) is 0 Å². The molecule has 172 valence electrons. The first-order valence-corrected chi connectivity index (χ1v) is 13.5. The minimum Gasteiger partial charge on any atom is -0.384 e. The Morgan fingerprint density at radius 3 is 2.55 bits per heavy atom. The zero-order valence-corrected chi connectivity index (χ0v) is 19.4. The maximum absolute atomic E-state index is 13.2. The molecule has 5 N–H and O–H groups in total. The van der Waals surface area contributed by atoms with E-state index in [4.69, 9.17) is 11.5 Å². The van der Waals surface area contributed by atoms with Crippen molar-refractivity contribution in [2.45, 2.75) is 29.6 Å². The molecule has 31 heavy (non-hydrogen) atoms. The van der Waals surface area contributed by atoms with Crippen LogP contribution in [0.25, 0.3) is 0 Å². The Bertz CT molecular complexity index is 1070. The number of sulfonamides is 1. The van der Waals surface area contributed by atoms with Crippen molar-refractivity contribution in [2.75, 3.05) is 38.7 Å². The maximum atomic E-state index is 13.2. The number of rotatable bonds is 7. The van der Waals surface area contributed by atoms with Gasteiger partial charge in [0.2, 0.25) is 15.8 Å². The van der Waals surface area contributed by atoms with Gasteiger partial charge in [-0.1, -0.05) is 12.1 Å². The molecule has 0 bridgehead atoms. The fraction of sp³-hybridized carbons (Fsp3) is 0.526. The van der Waals surface area contributed by atoms with Gasteiger partial charge in [-0.2, -0.15) is 4.31 Å². The standard InChI is InChI=1S/C19H30N6O4S2/c1-24(12-13-30(2,26)27)16-4-3-11-25(14-16)31(28,29)17-7-5-15(6-8-17)19(21)22-10-9-18(20)23-19/h5-10,16,22H,3-4,11-14,21H2,1-2H3,(H2,20,23). The third-order valence-electron chi connectivity index (χ3n) is 5.59. The van der Waals surface area contributed by atoms with E-state index in [9.17, 15) is 16.8 Å². The highest BCUT2D eigenvalue weighted by molar-refractivity contribution is 7.90. The predicted octanol–water partition coefficient (Wildman–Crippen LogP) is -0.641. The molecule has 2 aliphatic heterocycles. The summed E-state index contributed by atoms with van der Waals surface area (Å²) in [6.07, 6.45) is 5.91. The monoisotopic (exact) mass is 470 g/mol. The molecule has 0 amide bonds. The summed E-state index contributed by atoms with van der Waals surface area (Å²) in [7, 11) is -4.94. The SMILES string of the molecule is CN(CCS(C)(=O)=O)C1CCCN(S(=O)(=O)c2ccc(C3(N)N=C(N)C=CN3)cc2)C1. The number of hydrogen-bond acceptors (Lipinski definition) is 9. The van der Waals surface area contributed by atoms with Gasteiger partial charge in [0.25, 0.3) is 0 Å². The number of amidine groups is 1. The molecule has 0 saturated carbocycles. The molecule has 2 unspecified atom stereocenters. The Morgan fingerprint density at radius 2 is 1.94 bits per heavy atom. The van der Waals surface area contributed by atoms with Gasteiger partial charge in [0.15, 0.2) is 0 Å². The summed E-state index contributed by atoms with van der Waals surface area (Å²) >= 11 is 0. The van der Waals surface area contributed by atoms with Crippen LogP contribution in [0.15, 0.2) is 46.4 Å². The molecule has 1 saturated heterocycles. The number of benzene rings is 1. The van der Waals surface area contributed by atoms with Crippen molar-refractivity contribution >= 4 is 25.7 Å². The van der Waals surface area contributed by atoms with Crippen molar-refractivity contribution in [3.8, 4) is 0 Å². The quantitative estimate of drug-likeness (QED) is 0.476. The van der Waals surface area contributed by atoms with E-state index in [2.05, 4.69) is 10.3 Å². The Labute approximate surface area is 184 Å². The van der Waals surface area contributed by atoms with Crippen LogP contribution in [0.5, 0.6) is 0 Å². The number of nitrogens with one attached hydrogen (secondary N) is 1. The van der Waals surface area contributed by atoms with E-state index < -0.39 is 25.6 Å². The predicted molar refractivity (Wildman–Crippen MR) is 120 cm³/mol. The lowest BCUT2D eigenvalue weighted by Crippen LogP contribution is -2.50. The topological polar surface area (TPSA) is 151 Å². The summed E-state index contributed by atoms with van der Waals surface area (Å²) in [5.41, 5.74) is 12.6. The van der Waals surface area contributed by atoms with Gasteiger partial charge in [-0.25, -0.2) is 21.8 Å². The summed E-state index contributed by atoms with van der Waals surface area (Å²) in [5, 5.41) is 2.93. The Morgan fingerprint density at radius 1 is 1.26 bits per heavy atom. The fourth-order valence-corrected chi connectivity index (χ4v) is 5.83. The van der Waals surface area contributed by atoms with Gasteiger partial charge in [0, 0.05) is 43.7 Å². The average Bonchev–Trinajstić information content (AvgIpc) is 2.71. The van der Waals surface area contributed by atoms with E-state index in [1.54, 1.807) is 24.4 Å². The van der Waals surface area contributed by atoms with E-state index in [0.29, 0.717) is 31.6 Å². The molecule has 2 heterocycles. The molecule has 1 aromatic rings. The second-order valence-electron chi connectivity index (χ2n) is 8.07. The van der Waals surface area contributed by atoms with Gasteiger partial charge in [0.05, 0.1) is 10.6 Å². The van der Waals surface area contributed by atoms with Crippen molar-refractivity contribution in [3.63, 3.8) is 0 Å². The van der Waals surface area contributed by atoms with Crippen LogP contribution >= 0.6 is 0 Å². The molecule has 1 fully saturated rings.